The first-order valence-electron chi connectivity index (χ1n) is 10.4. The van der Waals surface area contributed by atoms with Crippen LogP contribution in [0.2, 0.25) is 0 Å². The van der Waals surface area contributed by atoms with Crippen molar-refractivity contribution in [3.63, 3.8) is 0 Å². The lowest BCUT2D eigenvalue weighted by Crippen LogP contribution is -2.65. The Hall–Kier alpha value is -2.06. The smallest absolute Gasteiger partial charge is 0.414 e. The van der Waals surface area contributed by atoms with E-state index in [1.807, 2.05) is 30.3 Å². The van der Waals surface area contributed by atoms with E-state index in [1.54, 1.807) is 4.90 Å². The third-order valence-electron chi connectivity index (χ3n) is 6.24. The van der Waals surface area contributed by atoms with Crippen LogP contribution in [0.1, 0.15) is 45.4 Å². The van der Waals surface area contributed by atoms with Gasteiger partial charge in [0.2, 0.25) is 0 Å². The Morgan fingerprint density at radius 3 is 2.67 bits per heavy atom. The maximum absolute atomic E-state index is 13.0. The minimum absolute atomic E-state index is 0.00919. The lowest BCUT2D eigenvalue weighted by atomic mass is 9.83. The Kier molecular flexibility index (Phi) is 6.73. The summed E-state index contributed by atoms with van der Waals surface area (Å²) in [5.41, 5.74) is 0.912. The van der Waals surface area contributed by atoms with Crippen LogP contribution in [0.5, 0.6) is 0 Å². The van der Waals surface area contributed by atoms with Crippen molar-refractivity contribution in [2.75, 3.05) is 37.6 Å². The zero-order chi connectivity index (χ0) is 19.1. The van der Waals surface area contributed by atoms with Crippen LogP contribution in [0.4, 0.5) is 10.5 Å². The average molecular weight is 371 g/mol. The third-order valence-corrected chi connectivity index (χ3v) is 6.24. The van der Waals surface area contributed by atoms with Crippen LogP contribution in [0, 0.1) is 17.2 Å². The molecule has 3 aliphatic heterocycles. The number of fused-ring (bicyclic) bond motifs is 3. The number of carbonyl (C=O) groups is 1. The lowest BCUT2D eigenvalue weighted by Gasteiger charge is -2.52. The SMILES string of the molecule is CCCCN(C(=O)O[C@H]1C[N+]2(CCCC#N)CCC1CC2)c1ccccc1. The Morgan fingerprint density at radius 2 is 2.00 bits per heavy atom. The van der Waals surface area contributed by atoms with E-state index in [1.165, 1.54) is 13.1 Å². The first-order valence-corrected chi connectivity index (χ1v) is 10.4. The fourth-order valence-corrected chi connectivity index (χ4v) is 4.61. The number of hydrogen-bond donors (Lipinski definition) is 0. The molecule has 1 amide bonds. The summed E-state index contributed by atoms with van der Waals surface area (Å²) in [5, 5.41) is 8.84. The van der Waals surface area contributed by atoms with Crippen LogP contribution in [0.3, 0.4) is 0 Å². The van der Waals surface area contributed by atoms with Crippen molar-refractivity contribution in [1.29, 1.82) is 5.26 Å². The fraction of sp³-hybridized carbons (Fsp3) is 0.636. The van der Waals surface area contributed by atoms with Gasteiger partial charge in [-0.15, -0.1) is 0 Å². The van der Waals surface area contributed by atoms with Crippen LogP contribution >= 0.6 is 0 Å². The molecule has 0 aliphatic carbocycles. The maximum atomic E-state index is 13.0. The van der Waals surface area contributed by atoms with Crippen molar-refractivity contribution < 1.29 is 14.0 Å². The average Bonchev–Trinajstić information content (AvgIpc) is 2.70. The number of quaternary nitrogens is 1. The van der Waals surface area contributed by atoms with Crippen LogP contribution in [-0.2, 0) is 4.74 Å². The summed E-state index contributed by atoms with van der Waals surface area (Å²) in [4.78, 5) is 14.8. The number of amides is 1. The number of carbonyl (C=O) groups excluding carboxylic acids is 1. The summed E-state index contributed by atoms with van der Waals surface area (Å²) in [5.74, 6) is 0.494. The summed E-state index contributed by atoms with van der Waals surface area (Å²) in [6, 6.07) is 12.1. The molecule has 3 heterocycles. The molecule has 0 aromatic heterocycles. The number of anilines is 1. The molecular weight excluding hydrogens is 338 g/mol. The van der Waals surface area contributed by atoms with Gasteiger partial charge in [0.1, 0.15) is 6.54 Å². The molecule has 0 saturated carbocycles. The quantitative estimate of drug-likeness (QED) is 0.505. The van der Waals surface area contributed by atoms with Gasteiger partial charge in [0.15, 0.2) is 6.10 Å². The molecule has 27 heavy (non-hydrogen) atoms. The summed E-state index contributed by atoms with van der Waals surface area (Å²) in [6.45, 7) is 7.12. The van der Waals surface area contributed by atoms with Crippen LogP contribution in [0.15, 0.2) is 30.3 Å². The van der Waals surface area contributed by atoms with E-state index in [0.717, 1.165) is 55.4 Å². The highest BCUT2D eigenvalue weighted by molar-refractivity contribution is 5.87. The van der Waals surface area contributed by atoms with Crippen molar-refractivity contribution in [3.05, 3.63) is 30.3 Å². The molecule has 4 rings (SSSR count). The molecule has 146 valence electrons. The normalized spacial score (nSPS) is 26.4. The Balaban J connectivity index is 1.65. The molecule has 1 atom stereocenters. The number of unbranched alkanes of at least 4 members (excludes halogenated alkanes) is 2. The van der Waals surface area contributed by atoms with Gasteiger partial charge < -0.3 is 9.22 Å². The Bertz CT molecular complexity index is 647. The highest BCUT2D eigenvalue weighted by atomic mass is 16.6. The molecule has 1 aromatic carbocycles. The number of nitriles is 1. The topological polar surface area (TPSA) is 53.3 Å². The second-order valence-electron chi connectivity index (χ2n) is 8.06. The molecule has 0 N–H and O–H groups in total. The standard InChI is InChI=1S/C22H32N3O2/c1-2-3-14-24(20-9-5-4-6-10-20)22(26)27-21-18-25(15-8-7-13-23)16-11-19(21)12-17-25/h4-6,9-10,19,21H,2-3,7-8,11-12,14-18H2,1H3/q+1/t19?,21-,25?/m0/s1. The number of nitrogens with zero attached hydrogens (tertiary/aromatic N) is 3. The van der Waals surface area contributed by atoms with E-state index in [2.05, 4.69) is 13.0 Å². The third kappa shape index (κ3) is 4.81. The van der Waals surface area contributed by atoms with Gasteiger partial charge >= 0.3 is 6.09 Å². The first kappa shape index (κ1) is 19.7. The fourth-order valence-electron chi connectivity index (χ4n) is 4.61. The van der Waals surface area contributed by atoms with Gasteiger partial charge in [-0.25, -0.2) is 4.79 Å². The van der Waals surface area contributed by atoms with Crippen molar-refractivity contribution >= 4 is 11.8 Å². The van der Waals surface area contributed by atoms with Gasteiger partial charge in [-0.2, -0.15) is 5.26 Å². The number of ether oxygens (including phenoxy) is 1. The Labute approximate surface area is 163 Å². The van der Waals surface area contributed by atoms with Crippen LogP contribution in [-0.4, -0.2) is 49.4 Å². The maximum Gasteiger partial charge on any atom is 0.414 e. The van der Waals surface area contributed by atoms with Gasteiger partial charge in [0.25, 0.3) is 0 Å². The highest BCUT2D eigenvalue weighted by Gasteiger charge is 2.47. The second-order valence-corrected chi connectivity index (χ2v) is 8.06. The number of piperidine rings is 3. The van der Waals surface area contributed by atoms with E-state index < -0.39 is 0 Å². The van der Waals surface area contributed by atoms with Crippen LogP contribution < -0.4 is 4.90 Å². The molecule has 3 fully saturated rings. The van der Waals surface area contributed by atoms with Crippen molar-refractivity contribution in [2.45, 2.75) is 51.6 Å². The lowest BCUT2D eigenvalue weighted by molar-refractivity contribution is -0.946. The molecule has 3 aliphatic rings. The van der Waals surface area contributed by atoms with Gasteiger partial charge in [-0.1, -0.05) is 31.5 Å². The van der Waals surface area contributed by atoms with Gasteiger partial charge in [-0.3, -0.25) is 4.90 Å². The van der Waals surface area contributed by atoms with E-state index in [4.69, 9.17) is 10.00 Å². The van der Waals surface area contributed by atoms with E-state index in [9.17, 15) is 4.79 Å². The van der Waals surface area contributed by atoms with Crippen molar-refractivity contribution in [3.8, 4) is 6.07 Å². The van der Waals surface area contributed by atoms with E-state index in [-0.39, 0.29) is 12.2 Å². The van der Waals surface area contributed by atoms with Gasteiger partial charge in [-0.05, 0) is 18.6 Å². The molecule has 2 bridgehead atoms. The Morgan fingerprint density at radius 1 is 1.26 bits per heavy atom. The first-order chi connectivity index (χ1) is 13.2. The predicted octanol–water partition coefficient (Wildman–Crippen LogP) is 4.34. The monoisotopic (exact) mass is 370 g/mol. The largest absolute Gasteiger partial charge is 0.440 e. The zero-order valence-electron chi connectivity index (χ0n) is 16.5. The minimum atomic E-state index is -0.205. The minimum Gasteiger partial charge on any atom is -0.440 e. The number of hydrogen-bond acceptors (Lipinski definition) is 3. The van der Waals surface area contributed by atoms with Crippen LogP contribution in [0.25, 0.3) is 0 Å². The van der Waals surface area contributed by atoms with Crippen molar-refractivity contribution in [2.24, 2.45) is 5.92 Å². The number of rotatable bonds is 8. The van der Waals surface area contributed by atoms with E-state index in [0.29, 0.717) is 18.9 Å². The summed E-state index contributed by atoms with van der Waals surface area (Å²) < 4.78 is 7.10. The molecule has 3 saturated heterocycles. The molecule has 1 aromatic rings. The van der Waals surface area contributed by atoms with Gasteiger partial charge in [0, 0.05) is 43.8 Å². The number of para-hydroxylation sites is 1. The number of benzene rings is 1. The summed E-state index contributed by atoms with van der Waals surface area (Å²) >= 11 is 0. The molecule has 0 unspecified atom stereocenters. The molecule has 5 nitrogen and oxygen atoms in total. The molecule has 0 radical (unpaired) electrons. The van der Waals surface area contributed by atoms with Gasteiger partial charge in [0.05, 0.1) is 25.7 Å². The molecule has 5 heteroatoms. The van der Waals surface area contributed by atoms with Crippen molar-refractivity contribution in [1.82, 2.24) is 0 Å². The highest BCUT2D eigenvalue weighted by Crippen LogP contribution is 2.36. The van der Waals surface area contributed by atoms with E-state index >= 15 is 0 Å². The summed E-state index contributed by atoms with van der Waals surface area (Å²) in [6.07, 6.45) is 5.63. The zero-order valence-corrected chi connectivity index (χ0v) is 16.5. The molecular formula is C22H32N3O2+. The second kappa shape index (κ2) is 9.23. The predicted molar refractivity (Wildman–Crippen MR) is 106 cm³/mol. The molecule has 0 spiro atoms. The summed E-state index contributed by atoms with van der Waals surface area (Å²) in [7, 11) is 0.